The first-order valence-electron chi connectivity index (χ1n) is 7.73. The van der Waals surface area contributed by atoms with Gasteiger partial charge < -0.3 is 4.74 Å². The number of nitrogens with zero attached hydrogens (tertiary/aromatic N) is 4. The van der Waals surface area contributed by atoms with Crippen LogP contribution in [0.2, 0.25) is 5.02 Å². The number of imidazole rings is 1. The summed E-state index contributed by atoms with van der Waals surface area (Å²) in [5.74, 6) is 1.61. The Bertz CT molecular complexity index is 915. The maximum atomic E-state index is 6.14. The van der Waals surface area contributed by atoms with Gasteiger partial charge in [-0.25, -0.2) is 4.98 Å². The van der Waals surface area contributed by atoms with Crippen LogP contribution in [0, 0.1) is 6.92 Å². The molecule has 0 aliphatic heterocycles. The first-order chi connectivity index (χ1) is 11.5. The van der Waals surface area contributed by atoms with Gasteiger partial charge in [-0.1, -0.05) is 31.5 Å². The Morgan fingerprint density at radius 3 is 2.62 bits per heavy atom. The van der Waals surface area contributed by atoms with Gasteiger partial charge in [0.1, 0.15) is 11.4 Å². The van der Waals surface area contributed by atoms with Crippen molar-refractivity contribution in [3.05, 3.63) is 52.8 Å². The van der Waals surface area contributed by atoms with E-state index in [1.165, 1.54) is 0 Å². The van der Waals surface area contributed by atoms with Crippen LogP contribution in [-0.2, 0) is 0 Å². The molecule has 3 rings (SSSR count). The number of azo groups is 1. The van der Waals surface area contributed by atoms with Crippen LogP contribution in [0.4, 0.5) is 11.5 Å². The van der Waals surface area contributed by atoms with Gasteiger partial charge in [-0.05, 0) is 42.7 Å². The van der Waals surface area contributed by atoms with Crippen LogP contribution in [-0.4, -0.2) is 16.5 Å². The molecule has 124 valence electrons. The van der Waals surface area contributed by atoms with Crippen molar-refractivity contribution in [2.45, 2.75) is 26.7 Å². The highest BCUT2D eigenvalue weighted by molar-refractivity contribution is 6.32. The predicted octanol–water partition coefficient (Wildman–Crippen LogP) is 5.84. The Kier molecular flexibility index (Phi) is 4.53. The van der Waals surface area contributed by atoms with E-state index in [1.54, 1.807) is 19.2 Å². The topological polar surface area (TPSA) is 51.2 Å². The van der Waals surface area contributed by atoms with Gasteiger partial charge in [-0.2, -0.15) is 0 Å². The van der Waals surface area contributed by atoms with E-state index in [2.05, 4.69) is 29.1 Å². The number of halogens is 1. The number of fused-ring (bicyclic) bond motifs is 1. The monoisotopic (exact) mass is 342 g/mol. The van der Waals surface area contributed by atoms with Gasteiger partial charge in [0.15, 0.2) is 5.82 Å². The fraction of sp³-hybridized carbons (Fsp3) is 0.278. The first-order valence-corrected chi connectivity index (χ1v) is 8.11. The molecule has 5 nitrogen and oxygen atoms in total. The number of hydrogen-bond donors (Lipinski definition) is 0. The van der Waals surface area contributed by atoms with Crippen molar-refractivity contribution in [2.75, 3.05) is 7.11 Å². The zero-order chi connectivity index (χ0) is 17.3. The quantitative estimate of drug-likeness (QED) is 0.559. The van der Waals surface area contributed by atoms with Gasteiger partial charge in [0.05, 0.1) is 23.5 Å². The summed E-state index contributed by atoms with van der Waals surface area (Å²) < 4.78 is 7.12. The molecule has 24 heavy (non-hydrogen) atoms. The van der Waals surface area contributed by atoms with Crippen LogP contribution in [0.3, 0.4) is 0 Å². The van der Waals surface area contributed by atoms with Crippen molar-refractivity contribution < 1.29 is 4.74 Å². The van der Waals surface area contributed by atoms with Gasteiger partial charge in [0.2, 0.25) is 0 Å². The molecule has 0 fully saturated rings. The van der Waals surface area contributed by atoms with Gasteiger partial charge in [0.25, 0.3) is 0 Å². The summed E-state index contributed by atoms with van der Waals surface area (Å²) in [6, 6.07) is 9.35. The lowest BCUT2D eigenvalue weighted by Crippen LogP contribution is -1.88. The van der Waals surface area contributed by atoms with E-state index in [-0.39, 0.29) is 5.92 Å². The molecule has 0 saturated heterocycles. The zero-order valence-electron chi connectivity index (χ0n) is 14.1. The van der Waals surface area contributed by atoms with E-state index in [4.69, 9.17) is 16.3 Å². The molecular weight excluding hydrogens is 324 g/mol. The van der Waals surface area contributed by atoms with Crippen molar-refractivity contribution in [1.29, 1.82) is 0 Å². The molecule has 3 aromatic rings. The minimum absolute atomic E-state index is 0.249. The van der Waals surface area contributed by atoms with Gasteiger partial charge in [0, 0.05) is 6.20 Å². The van der Waals surface area contributed by atoms with Gasteiger partial charge >= 0.3 is 0 Å². The molecule has 0 amide bonds. The normalized spacial score (nSPS) is 11.8. The van der Waals surface area contributed by atoms with E-state index in [9.17, 15) is 0 Å². The average molecular weight is 343 g/mol. The summed E-state index contributed by atoms with van der Waals surface area (Å²) in [7, 11) is 1.58. The molecule has 1 aromatic carbocycles. The fourth-order valence-electron chi connectivity index (χ4n) is 2.47. The first kappa shape index (κ1) is 16.5. The summed E-state index contributed by atoms with van der Waals surface area (Å²) >= 11 is 6.14. The minimum Gasteiger partial charge on any atom is -0.495 e. The van der Waals surface area contributed by atoms with Crippen molar-refractivity contribution in [2.24, 2.45) is 10.2 Å². The fourth-order valence-corrected chi connectivity index (χ4v) is 2.72. The molecule has 0 spiro atoms. The third-order valence-corrected chi connectivity index (χ3v) is 4.00. The number of benzene rings is 1. The van der Waals surface area contributed by atoms with Crippen LogP contribution >= 0.6 is 11.6 Å². The highest BCUT2D eigenvalue weighted by atomic mass is 35.5. The summed E-state index contributed by atoms with van der Waals surface area (Å²) in [5.41, 5.74) is 3.59. The van der Waals surface area contributed by atoms with Crippen LogP contribution in [0.25, 0.3) is 5.65 Å². The number of aromatic nitrogens is 2. The summed E-state index contributed by atoms with van der Waals surface area (Å²) in [5, 5.41) is 9.29. The molecule has 0 atom stereocenters. The summed E-state index contributed by atoms with van der Waals surface area (Å²) in [6.45, 7) is 6.23. The van der Waals surface area contributed by atoms with E-state index >= 15 is 0 Å². The van der Waals surface area contributed by atoms with Crippen molar-refractivity contribution in [3.63, 3.8) is 0 Å². The van der Waals surface area contributed by atoms with Crippen LogP contribution in [0.5, 0.6) is 5.75 Å². The van der Waals surface area contributed by atoms with E-state index in [0.717, 1.165) is 22.7 Å². The molecule has 0 saturated carbocycles. The standard InChI is InChI=1S/C18H19ClN4O/c1-11(2)17-18(23-10-12(3)5-8-16(23)20-17)22-21-13-6-7-15(24-4)14(19)9-13/h5-11H,1-4H3. The second-order valence-electron chi connectivity index (χ2n) is 5.93. The molecular formula is C18H19ClN4O. The molecule has 0 aliphatic carbocycles. The van der Waals surface area contributed by atoms with Gasteiger partial charge in [-0.3, -0.25) is 4.40 Å². The summed E-state index contributed by atoms with van der Waals surface area (Å²) in [4.78, 5) is 4.67. The lowest BCUT2D eigenvalue weighted by molar-refractivity contribution is 0.415. The number of pyridine rings is 1. The van der Waals surface area contributed by atoms with E-state index in [0.29, 0.717) is 16.5 Å². The molecule has 0 N–H and O–H groups in total. The van der Waals surface area contributed by atoms with Crippen LogP contribution in [0.15, 0.2) is 46.8 Å². The maximum Gasteiger partial charge on any atom is 0.183 e. The SMILES string of the molecule is COc1ccc(N=Nc2c(C(C)C)nc3ccc(C)cn23)cc1Cl. The molecule has 0 bridgehead atoms. The molecule has 6 heteroatoms. The average Bonchev–Trinajstić information content (AvgIpc) is 2.91. The smallest absolute Gasteiger partial charge is 0.183 e. The second-order valence-corrected chi connectivity index (χ2v) is 6.34. The lowest BCUT2D eigenvalue weighted by atomic mass is 10.1. The molecule has 0 aliphatic rings. The molecule has 0 radical (unpaired) electrons. The van der Waals surface area contributed by atoms with Crippen molar-refractivity contribution in [3.8, 4) is 5.75 Å². The minimum atomic E-state index is 0.249. The second kappa shape index (κ2) is 6.61. The van der Waals surface area contributed by atoms with Crippen LogP contribution in [0.1, 0.15) is 31.0 Å². The predicted molar refractivity (Wildman–Crippen MR) is 96.2 cm³/mol. The van der Waals surface area contributed by atoms with E-state index < -0.39 is 0 Å². The highest BCUT2D eigenvalue weighted by Crippen LogP contribution is 2.32. The number of ether oxygens (including phenoxy) is 1. The van der Waals surface area contributed by atoms with Crippen molar-refractivity contribution in [1.82, 2.24) is 9.38 Å². The number of methoxy groups -OCH3 is 1. The third-order valence-electron chi connectivity index (χ3n) is 3.71. The molecule has 0 unspecified atom stereocenters. The maximum absolute atomic E-state index is 6.14. The Morgan fingerprint density at radius 2 is 1.96 bits per heavy atom. The summed E-state index contributed by atoms with van der Waals surface area (Å²) in [6.07, 6.45) is 2.02. The third kappa shape index (κ3) is 3.12. The van der Waals surface area contributed by atoms with Crippen LogP contribution < -0.4 is 4.74 Å². The zero-order valence-corrected chi connectivity index (χ0v) is 14.9. The van der Waals surface area contributed by atoms with E-state index in [1.807, 2.05) is 35.7 Å². The highest BCUT2D eigenvalue weighted by Gasteiger charge is 2.15. The molecule has 2 aromatic heterocycles. The lowest BCUT2D eigenvalue weighted by Gasteiger charge is -2.04. The Morgan fingerprint density at radius 1 is 1.17 bits per heavy atom. The largest absolute Gasteiger partial charge is 0.495 e. The Balaban J connectivity index is 2.06. The molecule has 2 heterocycles. The number of hydrogen-bond acceptors (Lipinski definition) is 4. The Hall–Kier alpha value is -2.40. The number of rotatable bonds is 4. The Labute approximate surface area is 146 Å². The van der Waals surface area contributed by atoms with Gasteiger partial charge in [-0.15, -0.1) is 10.2 Å². The van der Waals surface area contributed by atoms with Crippen molar-refractivity contribution >= 4 is 28.8 Å². The number of aryl methyl sites for hydroxylation is 1.